The van der Waals surface area contributed by atoms with E-state index in [4.69, 9.17) is 19.0 Å². The van der Waals surface area contributed by atoms with Gasteiger partial charge in [-0.15, -0.1) is 24.0 Å². The summed E-state index contributed by atoms with van der Waals surface area (Å²) in [6, 6.07) is 7.90. The molecule has 0 atom stereocenters. The Labute approximate surface area is 195 Å². The topological polar surface area (TPSA) is 75.4 Å². The molecule has 30 heavy (non-hydrogen) atoms. The maximum absolute atomic E-state index is 5.59. The van der Waals surface area contributed by atoms with E-state index in [1.807, 2.05) is 31.2 Å². The zero-order chi connectivity index (χ0) is 20.5. The third-order valence-corrected chi connectivity index (χ3v) is 4.82. The highest BCUT2D eigenvalue weighted by molar-refractivity contribution is 14.0. The molecule has 0 radical (unpaired) electrons. The van der Waals surface area contributed by atoms with E-state index in [-0.39, 0.29) is 24.0 Å². The number of benzene rings is 1. The SMILES string of the molecule is CCNC(=NCc1ccc(OCC)c(OC)c1)N1CCN(Cc2ccon2)CC1.I. The van der Waals surface area contributed by atoms with E-state index in [1.165, 1.54) is 0 Å². The van der Waals surface area contributed by atoms with Crippen molar-refractivity contribution < 1.29 is 14.0 Å². The molecule has 0 spiro atoms. The van der Waals surface area contributed by atoms with Gasteiger partial charge < -0.3 is 24.2 Å². The van der Waals surface area contributed by atoms with Crippen LogP contribution in [0, 0.1) is 0 Å². The Balaban J connectivity index is 0.00000320. The summed E-state index contributed by atoms with van der Waals surface area (Å²) in [5.41, 5.74) is 2.06. The van der Waals surface area contributed by atoms with Crippen molar-refractivity contribution in [3.8, 4) is 11.5 Å². The van der Waals surface area contributed by atoms with Gasteiger partial charge in [-0.2, -0.15) is 0 Å². The third kappa shape index (κ3) is 6.76. The number of ether oxygens (including phenoxy) is 2. The first-order chi connectivity index (χ1) is 14.2. The molecule has 1 aromatic carbocycles. The molecule has 0 unspecified atom stereocenters. The predicted molar refractivity (Wildman–Crippen MR) is 128 cm³/mol. The number of hydrogen-bond donors (Lipinski definition) is 1. The quantitative estimate of drug-likeness (QED) is 0.320. The van der Waals surface area contributed by atoms with Crippen LogP contribution in [0.4, 0.5) is 0 Å². The standard InChI is InChI=1S/C21H31N5O3.HI/c1-4-22-21(23-15-17-6-7-19(28-5-2)20(14-17)27-3)26-11-9-25(10-12-26)16-18-8-13-29-24-18;/h6-8,13-14H,4-5,9-12,15-16H2,1-3H3,(H,22,23);1H. The monoisotopic (exact) mass is 529 g/mol. The first kappa shape index (κ1) is 24.3. The Morgan fingerprint density at radius 2 is 1.97 bits per heavy atom. The van der Waals surface area contributed by atoms with Crippen molar-refractivity contribution in [1.82, 2.24) is 20.3 Å². The highest BCUT2D eigenvalue weighted by Crippen LogP contribution is 2.28. The summed E-state index contributed by atoms with van der Waals surface area (Å²) >= 11 is 0. The second-order valence-electron chi connectivity index (χ2n) is 6.84. The number of rotatable bonds is 8. The molecular weight excluding hydrogens is 497 g/mol. The number of piperazine rings is 1. The van der Waals surface area contributed by atoms with Crippen molar-refractivity contribution in [2.75, 3.05) is 46.4 Å². The fourth-order valence-corrected chi connectivity index (χ4v) is 3.34. The molecule has 1 fully saturated rings. The zero-order valence-electron chi connectivity index (χ0n) is 18.0. The first-order valence-electron chi connectivity index (χ1n) is 10.2. The van der Waals surface area contributed by atoms with E-state index in [0.29, 0.717) is 13.2 Å². The number of aromatic nitrogens is 1. The van der Waals surface area contributed by atoms with Gasteiger partial charge in [0, 0.05) is 45.3 Å². The molecule has 0 saturated carbocycles. The Kier molecular flexibility index (Phi) is 10.2. The van der Waals surface area contributed by atoms with Gasteiger partial charge in [-0.25, -0.2) is 4.99 Å². The molecule has 0 bridgehead atoms. The Morgan fingerprint density at radius 3 is 2.60 bits per heavy atom. The molecule has 166 valence electrons. The lowest BCUT2D eigenvalue weighted by Gasteiger charge is -2.36. The highest BCUT2D eigenvalue weighted by Gasteiger charge is 2.20. The van der Waals surface area contributed by atoms with Crippen molar-refractivity contribution in [3.05, 3.63) is 41.8 Å². The molecular formula is C21H32IN5O3. The van der Waals surface area contributed by atoms with Crippen molar-refractivity contribution >= 4 is 29.9 Å². The average molecular weight is 529 g/mol. The lowest BCUT2D eigenvalue weighted by atomic mass is 10.2. The molecule has 3 rings (SSSR count). The van der Waals surface area contributed by atoms with Crippen molar-refractivity contribution in [1.29, 1.82) is 0 Å². The van der Waals surface area contributed by atoms with Crippen LogP contribution in [-0.2, 0) is 13.1 Å². The minimum absolute atomic E-state index is 0. The zero-order valence-corrected chi connectivity index (χ0v) is 20.3. The fraction of sp³-hybridized carbons (Fsp3) is 0.524. The molecule has 0 amide bonds. The smallest absolute Gasteiger partial charge is 0.194 e. The van der Waals surface area contributed by atoms with Gasteiger partial charge in [0.2, 0.25) is 0 Å². The molecule has 2 aromatic rings. The van der Waals surface area contributed by atoms with Crippen molar-refractivity contribution in [2.45, 2.75) is 26.9 Å². The number of guanidine groups is 1. The van der Waals surface area contributed by atoms with Gasteiger partial charge in [-0.3, -0.25) is 4.90 Å². The van der Waals surface area contributed by atoms with Gasteiger partial charge in [0.1, 0.15) is 6.26 Å². The summed E-state index contributed by atoms with van der Waals surface area (Å²) in [4.78, 5) is 9.55. The summed E-state index contributed by atoms with van der Waals surface area (Å²) in [6.07, 6.45) is 1.62. The summed E-state index contributed by atoms with van der Waals surface area (Å²) in [7, 11) is 1.66. The normalized spacial score (nSPS) is 14.9. The van der Waals surface area contributed by atoms with Crippen LogP contribution in [0.3, 0.4) is 0 Å². The molecule has 2 heterocycles. The molecule has 0 aliphatic carbocycles. The maximum Gasteiger partial charge on any atom is 0.194 e. The lowest BCUT2D eigenvalue weighted by Crippen LogP contribution is -2.52. The number of halogens is 1. The van der Waals surface area contributed by atoms with Gasteiger partial charge >= 0.3 is 0 Å². The summed E-state index contributed by atoms with van der Waals surface area (Å²) in [5.74, 6) is 2.45. The minimum Gasteiger partial charge on any atom is -0.493 e. The third-order valence-electron chi connectivity index (χ3n) is 4.82. The average Bonchev–Trinajstić information content (AvgIpc) is 3.26. The van der Waals surface area contributed by atoms with Crippen LogP contribution in [0.1, 0.15) is 25.1 Å². The Morgan fingerprint density at radius 1 is 1.17 bits per heavy atom. The molecule has 1 aliphatic heterocycles. The molecule has 1 saturated heterocycles. The largest absolute Gasteiger partial charge is 0.493 e. The number of hydrogen-bond acceptors (Lipinski definition) is 6. The number of methoxy groups -OCH3 is 1. The van der Waals surface area contributed by atoms with Crippen LogP contribution < -0.4 is 14.8 Å². The van der Waals surface area contributed by atoms with Crippen LogP contribution in [0.2, 0.25) is 0 Å². The maximum atomic E-state index is 5.59. The van der Waals surface area contributed by atoms with E-state index in [2.05, 4.69) is 27.2 Å². The van der Waals surface area contributed by atoms with E-state index in [9.17, 15) is 0 Å². The van der Waals surface area contributed by atoms with Crippen LogP contribution in [0.25, 0.3) is 0 Å². The Bertz CT molecular complexity index is 777. The van der Waals surface area contributed by atoms with Crippen LogP contribution >= 0.6 is 24.0 Å². The van der Waals surface area contributed by atoms with E-state index >= 15 is 0 Å². The fourth-order valence-electron chi connectivity index (χ4n) is 3.34. The second kappa shape index (κ2) is 12.6. The number of aliphatic imine (C=N–C) groups is 1. The van der Waals surface area contributed by atoms with Crippen molar-refractivity contribution in [3.63, 3.8) is 0 Å². The van der Waals surface area contributed by atoms with E-state index < -0.39 is 0 Å². The lowest BCUT2D eigenvalue weighted by molar-refractivity contribution is 0.169. The van der Waals surface area contributed by atoms with Crippen LogP contribution in [0.15, 0.2) is 40.0 Å². The van der Waals surface area contributed by atoms with E-state index in [1.54, 1.807) is 13.4 Å². The number of nitrogens with one attached hydrogen (secondary N) is 1. The Hall–Kier alpha value is -2.01. The highest BCUT2D eigenvalue weighted by atomic mass is 127. The molecule has 9 heteroatoms. The van der Waals surface area contributed by atoms with E-state index in [0.717, 1.165) is 68.0 Å². The summed E-state index contributed by atoms with van der Waals surface area (Å²) in [5, 5.41) is 7.42. The van der Waals surface area contributed by atoms with Gasteiger partial charge in [-0.1, -0.05) is 11.2 Å². The number of nitrogens with zero attached hydrogens (tertiary/aromatic N) is 4. The molecule has 8 nitrogen and oxygen atoms in total. The van der Waals surface area contributed by atoms with Gasteiger partial charge in [0.15, 0.2) is 17.5 Å². The molecule has 1 N–H and O–H groups in total. The minimum atomic E-state index is 0. The van der Waals surface area contributed by atoms with Gasteiger partial charge in [0.05, 0.1) is 26.0 Å². The molecule has 1 aliphatic rings. The van der Waals surface area contributed by atoms with Crippen molar-refractivity contribution in [2.24, 2.45) is 4.99 Å². The van der Waals surface area contributed by atoms with Gasteiger partial charge in [-0.05, 0) is 31.5 Å². The summed E-state index contributed by atoms with van der Waals surface area (Å²) in [6.45, 7) is 10.7. The van der Waals surface area contributed by atoms with Crippen LogP contribution in [0.5, 0.6) is 11.5 Å². The second-order valence-corrected chi connectivity index (χ2v) is 6.84. The summed E-state index contributed by atoms with van der Waals surface area (Å²) < 4.78 is 16.0. The first-order valence-corrected chi connectivity index (χ1v) is 10.2. The molecule has 1 aromatic heterocycles. The van der Waals surface area contributed by atoms with Crippen LogP contribution in [-0.4, -0.2) is 67.4 Å². The predicted octanol–water partition coefficient (Wildman–Crippen LogP) is 2.98. The van der Waals surface area contributed by atoms with Gasteiger partial charge in [0.25, 0.3) is 0 Å².